The summed E-state index contributed by atoms with van der Waals surface area (Å²) in [6, 6.07) is 23.6. The minimum absolute atomic E-state index is 0.0519. The molecule has 0 amide bonds. The molecule has 51 heavy (non-hydrogen) atoms. The first-order valence-corrected chi connectivity index (χ1v) is 20.6. The summed E-state index contributed by atoms with van der Waals surface area (Å²) in [7, 11) is 0. The van der Waals surface area contributed by atoms with Gasteiger partial charge < -0.3 is 0 Å². The Balaban J connectivity index is 0.904. The van der Waals surface area contributed by atoms with Crippen LogP contribution in [0.25, 0.3) is 27.8 Å². The van der Waals surface area contributed by atoms with E-state index in [9.17, 15) is 0 Å². The topological polar surface area (TPSA) is 0 Å². The molecule has 7 aliphatic rings. The van der Waals surface area contributed by atoms with Gasteiger partial charge in [0.15, 0.2) is 0 Å². The van der Waals surface area contributed by atoms with Crippen molar-refractivity contribution in [3.05, 3.63) is 172 Å². The Bertz CT molecular complexity index is 2270. The summed E-state index contributed by atoms with van der Waals surface area (Å²) in [5, 5.41) is 0. The molecule has 3 aromatic carbocycles. The predicted octanol–water partition coefficient (Wildman–Crippen LogP) is 13.3. The molecule has 1 saturated carbocycles. The lowest BCUT2D eigenvalue weighted by molar-refractivity contribution is 0.347. The van der Waals surface area contributed by atoms with E-state index < -0.39 is 0 Å². The first-order chi connectivity index (χ1) is 24.6. The molecule has 3 aromatic rings. The lowest BCUT2D eigenvalue weighted by Gasteiger charge is -2.34. The fourth-order valence-corrected chi connectivity index (χ4v) is 11.5. The van der Waals surface area contributed by atoms with Gasteiger partial charge >= 0.3 is 0 Å². The highest BCUT2D eigenvalue weighted by atomic mass is 127. The van der Waals surface area contributed by atoms with Gasteiger partial charge in [0.05, 0.1) is 0 Å². The van der Waals surface area contributed by atoms with Crippen LogP contribution in [-0.2, 0) is 10.8 Å². The molecule has 0 spiro atoms. The van der Waals surface area contributed by atoms with E-state index >= 15 is 0 Å². The molecule has 254 valence electrons. The summed E-state index contributed by atoms with van der Waals surface area (Å²) in [5.74, 6) is 2.27. The Morgan fingerprint density at radius 2 is 1.25 bits per heavy atom. The third-order valence-electron chi connectivity index (χ3n) is 13.6. The third kappa shape index (κ3) is 5.04. The SMILES string of the molecule is CC1(C)C2=C(CCC(c3ccc4c(c3)C(C)(C)c3cc(C5=CC6C=CC(C7=CC8CCC(I)CC8C=C7)=CC6C=C5)ccc3-4)=C2)c2ccccc21. The van der Waals surface area contributed by atoms with Gasteiger partial charge in [-0.05, 0) is 134 Å². The number of rotatable bonds is 3. The molecule has 0 aromatic heterocycles. The van der Waals surface area contributed by atoms with E-state index in [1.54, 1.807) is 5.57 Å². The minimum atomic E-state index is -0.0563. The zero-order valence-corrected chi connectivity index (χ0v) is 32.5. The van der Waals surface area contributed by atoms with Crippen molar-refractivity contribution in [1.29, 1.82) is 0 Å². The Morgan fingerprint density at radius 3 is 2.06 bits per heavy atom. The van der Waals surface area contributed by atoms with Gasteiger partial charge in [-0.2, -0.15) is 0 Å². The van der Waals surface area contributed by atoms with E-state index in [-0.39, 0.29) is 10.8 Å². The Kier molecular flexibility index (Phi) is 7.31. The van der Waals surface area contributed by atoms with Gasteiger partial charge in [0.25, 0.3) is 0 Å². The summed E-state index contributed by atoms with van der Waals surface area (Å²) in [5.41, 5.74) is 20.1. The Morgan fingerprint density at radius 1 is 0.588 bits per heavy atom. The molecule has 0 nitrogen and oxygen atoms in total. The maximum absolute atomic E-state index is 2.65. The number of fused-ring (bicyclic) bond motifs is 7. The van der Waals surface area contributed by atoms with Gasteiger partial charge in [0, 0.05) is 26.6 Å². The van der Waals surface area contributed by atoms with Gasteiger partial charge in [-0.15, -0.1) is 0 Å². The van der Waals surface area contributed by atoms with Crippen molar-refractivity contribution in [3.63, 3.8) is 0 Å². The largest absolute Gasteiger partial charge is 0.0826 e. The molecule has 0 heterocycles. The lowest BCUT2D eigenvalue weighted by Crippen LogP contribution is -2.24. The van der Waals surface area contributed by atoms with E-state index in [0.29, 0.717) is 17.8 Å². The predicted molar refractivity (Wildman–Crippen MR) is 225 cm³/mol. The van der Waals surface area contributed by atoms with Crippen LogP contribution in [0, 0.1) is 23.7 Å². The van der Waals surface area contributed by atoms with Crippen LogP contribution in [0.15, 0.2) is 138 Å². The van der Waals surface area contributed by atoms with Gasteiger partial charge in [0.1, 0.15) is 0 Å². The average Bonchev–Trinajstić information content (AvgIpc) is 3.52. The molecule has 1 fully saturated rings. The number of alkyl halides is 1. The van der Waals surface area contributed by atoms with E-state index in [4.69, 9.17) is 0 Å². The summed E-state index contributed by atoms with van der Waals surface area (Å²) in [4.78, 5) is 0. The minimum Gasteiger partial charge on any atom is -0.0826 e. The fourth-order valence-electron chi connectivity index (χ4n) is 10.6. The van der Waals surface area contributed by atoms with Crippen LogP contribution >= 0.6 is 22.6 Å². The van der Waals surface area contributed by atoms with E-state index in [2.05, 4.69) is 172 Å². The molecule has 5 unspecified atom stereocenters. The number of allylic oxidation sites excluding steroid dienone is 16. The van der Waals surface area contributed by atoms with Crippen LogP contribution in [0.4, 0.5) is 0 Å². The molecule has 0 aliphatic heterocycles. The second kappa shape index (κ2) is 11.7. The summed E-state index contributed by atoms with van der Waals surface area (Å²) >= 11 is 2.65. The molecule has 0 radical (unpaired) electrons. The third-order valence-corrected chi connectivity index (χ3v) is 14.7. The highest BCUT2D eigenvalue weighted by Gasteiger charge is 2.39. The van der Waals surface area contributed by atoms with Crippen molar-refractivity contribution in [1.82, 2.24) is 0 Å². The summed E-state index contributed by atoms with van der Waals surface area (Å²) < 4.78 is 0.835. The van der Waals surface area contributed by atoms with Gasteiger partial charge in [0.2, 0.25) is 0 Å². The second-order valence-electron chi connectivity index (χ2n) is 17.2. The Labute approximate surface area is 318 Å². The molecule has 7 aliphatic carbocycles. The van der Waals surface area contributed by atoms with Crippen molar-refractivity contribution >= 4 is 39.3 Å². The average molecular weight is 775 g/mol. The van der Waals surface area contributed by atoms with Crippen molar-refractivity contribution in [2.75, 3.05) is 0 Å². The van der Waals surface area contributed by atoms with E-state index in [1.165, 1.54) is 91.6 Å². The first-order valence-electron chi connectivity index (χ1n) is 19.3. The molecule has 0 saturated heterocycles. The number of hydrogen-bond donors (Lipinski definition) is 0. The van der Waals surface area contributed by atoms with Crippen LogP contribution < -0.4 is 0 Å². The molecule has 5 atom stereocenters. The van der Waals surface area contributed by atoms with Gasteiger partial charge in [-0.3, -0.25) is 0 Å². The van der Waals surface area contributed by atoms with Crippen LogP contribution in [-0.4, -0.2) is 3.92 Å². The summed E-state index contributed by atoms with van der Waals surface area (Å²) in [6.07, 6.45) is 31.0. The smallest absolute Gasteiger partial charge is 0.0159 e. The van der Waals surface area contributed by atoms with Crippen LogP contribution in [0.2, 0.25) is 0 Å². The zero-order valence-electron chi connectivity index (χ0n) is 30.3. The zero-order chi connectivity index (χ0) is 34.6. The van der Waals surface area contributed by atoms with Crippen molar-refractivity contribution in [2.24, 2.45) is 23.7 Å². The second-order valence-corrected chi connectivity index (χ2v) is 19.0. The first kappa shape index (κ1) is 32.0. The van der Waals surface area contributed by atoms with Crippen LogP contribution in [0.1, 0.15) is 93.2 Å². The lowest BCUT2D eigenvalue weighted by atomic mass is 9.73. The van der Waals surface area contributed by atoms with Gasteiger partial charge in [-0.1, -0.05) is 160 Å². The van der Waals surface area contributed by atoms with Crippen molar-refractivity contribution in [2.45, 2.75) is 74.6 Å². The van der Waals surface area contributed by atoms with Crippen LogP contribution in [0.5, 0.6) is 0 Å². The van der Waals surface area contributed by atoms with Crippen LogP contribution in [0.3, 0.4) is 0 Å². The maximum atomic E-state index is 2.65. The highest BCUT2D eigenvalue weighted by molar-refractivity contribution is 14.1. The normalized spacial score (nSPS) is 28.8. The van der Waals surface area contributed by atoms with Crippen molar-refractivity contribution < 1.29 is 0 Å². The monoisotopic (exact) mass is 774 g/mol. The molecule has 0 bridgehead atoms. The summed E-state index contributed by atoms with van der Waals surface area (Å²) in [6.45, 7) is 9.67. The standard InChI is InChI=1S/C50H47I/c1-49(2)45-8-6-5-7-41(45)42-20-17-38(28-46(42)49)39-18-22-44-43-21-16-37(27-47(43)50(3,4)48(44)29-39)34-12-11-31-23-30(9-10-32(31)24-34)33-13-14-36-26-40(51)19-15-35(36)25-33/h5-14,16,18,21-25,27-29,31-32,35-36,40H,15,17,19-20,26H2,1-4H3. The number of benzene rings is 3. The molecule has 10 rings (SSSR count). The van der Waals surface area contributed by atoms with Crippen molar-refractivity contribution in [3.8, 4) is 11.1 Å². The maximum Gasteiger partial charge on any atom is 0.0159 e. The molecular formula is C50H47I. The molecular weight excluding hydrogens is 727 g/mol. The highest BCUT2D eigenvalue weighted by Crippen LogP contribution is 2.54. The molecule has 1 heteroatoms. The van der Waals surface area contributed by atoms with E-state index in [1.807, 2.05) is 0 Å². The fraction of sp³-hybridized carbons (Fsp3) is 0.320. The Hall–Kier alpha value is -3.69. The number of hydrogen-bond acceptors (Lipinski definition) is 0. The quantitative estimate of drug-likeness (QED) is 0.184. The molecule has 0 N–H and O–H groups in total. The number of halogens is 1. The van der Waals surface area contributed by atoms with E-state index in [0.717, 1.165) is 22.7 Å². The van der Waals surface area contributed by atoms with Gasteiger partial charge in [-0.25, -0.2) is 0 Å².